The van der Waals surface area contributed by atoms with Crippen LogP contribution in [0.4, 0.5) is 0 Å². The zero-order valence-electron chi connectivity index (χ0n) is 22.9. The van der Waals surface area contributed by atoms with Crippen LogP contribution in [0, 0.1) is 5.92 Å². The Bertz CT molecular complexity index is 742. The highest BCUT2D eigenvalue weighted by Crippen LogP contribution is 2.32. The molecule has 40 heavy (non-hydrogen) atoms. The molecule has 1 aliphatic carbocycles. The molecular weight excluding hydrogens is 536 g/mol. The quantitative estimate of drug-likeness (QED) is 0.0898. The van der Waals surface area contributed by atoms with Crippen LogP contribution in [0.15, 0.2) is 0 Å². The molecule has 236 valence electrons. The molecule has 16 heteroatoms. The van der Waals surface area contributed by atoms with Crippen LogP contribution in [0.3, 0.4) is 0 Å². The number of nitrogens with one attached hydrogen (secondary N) is 3. The molecule has 2 saturated heterocycles. The third kappa shape index (κ3) is 7.84. The number of hydrogen-bond acceptors (Lipinski definition) is 16. The molecule has 3 fully saturated rings. The van der Waals surface area contributed by atoms with Crippen LogP contribution < -0.4 is 21.7 Å². The van der Waals surface area contributed by atoms with E-state index in [1.807, 2.05) is 6.92 Å². The summed E-state index contributed by atoms with van der Waals surface area (Å²) in [6, 6.07) is -2.67. The van der Waals surface area contributed by atoms with E-state index in [2.05, 4.69) is 16.0 Å². The minimum absolute atomic E-state index is 0.0192. The van der Waals surface area contributed by atoms with E-state index in [0.717, 1.165) is 0 Å². The molecule has 1 saturated carbocycles. The van der Waals surface area contributed by atoms with E-state index < -0.39 is 92.8 Å². The highest BCUT2D eigenvalue weighted by Gasteiger charge is 2.51. The minimum atomic E-state index is -1.67. The van der Waals surface area contributed by atoms with Crippen molar-refractivity contribution in [3.8, 4) is 0 Å². The molecule has 0 aromatic rings. The van der Waals surface area contributed by atoms with E-state index >= 15 is 0 Å². The number of likely N-dealkylation sites (N-methyl/N-ethyl adjacent to an activating group) is 1. The van der Waals surface area contributed by atoms with Crippen molar-refractivity contribution in [2.24, 2.45) is 11.7 Å². The van der Waals surface area contributed by atoms with Gasteiger partial charge in [0.15, 0.2) is 12.6 Å². The van der Waals surface area contributed by atoms with Gasteiger partial charge in [-0.05, 0) is 19.4 Å². The average molecular weight is 585 g/mol. The Hall–Kier alpha value is -0.640. The topological polar surface area (TPSA) is 261 Å². The standard InChI is InChI=1S/C24H48N4O12/c1-10-9-37-23(17(33)15(10)26-2)40-22-13(28-11(7-30)8-31)5-12(25)21(20(22)36)39-24-19(35)18(34)16(32)14(38-24)6-27-3-4-29/h10-24,26-36H,3-9,25H2,1-2H3/t10-,12+,13-,14-,15+,16-,17-,18+,19-,20+,21?,22+,23-,24-/m1/s1. The van der Waals surface area contributed by atoms with E-state index in [1.165, 1.54) is 0 Å². The average Bonchev–Trinajstić information content (AvgIpc) is 2.93. The second kappa shape index (κ2) is 15.7. The largest absolute Gasteiger partial charge is 0.395 e. The van der Waals surface area contributed by atoms with Crippen molar-refractivity contribution in [2.45, 2.75) is 98.9 Å². The first kappa shape index (κ1) is 33.9. The van der Waals surface area contributed by atoms with Gasteiger partial charge in [0.05, 0.1) is 32.5 Å². The van der Waals surface area contributed by atoms with Crippen LogP contribution in [-0.2, 0) is 18.9 Å². The van der Waals surface area contributed by atoms with Crippen molar-refractivity contribution in [1.29, 1.82) is 0 Å². The summed E-state index contributed by atoms with van der Waals surface area (Å²) in [7, 11) is 1.70. The number of aliphatic hydroxyl groups excluding tert-OH is 8. The molecule has 3 rings (SSSR count). The molecule has 0 amide bonds. The van der Waals surface area contributed by atoms with E-state index in [9.17, 15) is 35.7 Å². The Morgan fingerprint density at radius 1 is 0.900 bits per heavy atom. The van der Waals surface area contributed by atoms with Gasteiger partial charge in [-0.2, -0.15) is 0 Å². The van der Waals surface area contributed by atoms with Crippen LogP contribution in [0.5, 0.6) is 0 Å². The molecule has 2 heterocycles. The SMILES string of the molecule is CN[C@@H]1[C@@H](O)[C@@H](O[C@H]2[C@H](NC(CO)CO)C[C@H](N)C(O[C@H]3O[C@H](CNCCO)[C@@H](O)[C@H](O)[C@H]3O)[C@@H]2O)OC[C@H]1C. The molecule has 0 bridgehead atoms. The predicted octanol–water partition coefficient (Wildman–Crippen LogP) is -6.51. The van der Waals surface area contributed by atoms with Crippen molar-refractivity contribution in [2.75, 3.05) is 46.6 Å². The first-order valence-corrected chi connectivity index (χ1v) is 13.8. The molecule has 2 aliphatic heterocycles. The molecule has 13 N–H and O–H groups in total. The highest BCUT2D eigenvalue weighted by molar-refractivity contribution is 5.02. The van der Waals surface area contributed by atoms with Crippen molar-refractivity contribution >= 4 is 0 Å². The maximum atomic E-state index is 11.5. The maximum Gasteiger partial charge on any atom is 0.187 e. The third-order valence-electron chi connectivity index (χ3n) is 7.91. The van der Waals surface area contributed by atoms with Crippen LogP contribution in [0.2, 0.25) is 0 Å². The van der Waals surface area contributed by atoms with Gasteiger partial charge in [0.25, 0.3) is 0 Å². The summed E-state index contributed by atoms with van der Waals surface area (Å²) in [5, 5.41) is 90.8. The second-order valence-electron chi connectivity index (χ2n) is 10.9. The zero-order valence-corrected chi connectivity index (χ0v) is 22.9. The van der Waals surface area contributed by atoms with Crippen LogP contribution in [-0.4, -0.2) is 173 Å². The van der Waals surface area contributed by atoms with Crippen molar-refractivity contribution < 1.29 is 59.8 Å². The molecule has 0 aromatic heterocycles. The lowest BCUT2D eigenvalue weighted by Gasteiger charge is -2.49. The number of nitrogens with two attached hydrogens (primary N) is 1. The van der Waals surface area contributed by atoms with E-state index in [-0.39, 0.29) is 44.7 Å². The number of ether oxygens (including phenoxy) is 4. The van der Waals surface area contributed by atoms with Gasteiger partial charge in [0, 0.05) is 31.2 Å². The van der Waals surface area contributed by atoms with Gasteiger partial charge in [-0.1, -0.05) is 6.92 Å². The molecule has 14 atom stereocenters. The van der Waals surface area contributed by atoms with Crippen molar-refractivity contribution in [3.63, 3.8) is 0 Å². The second-order valence-corrected chi connectivity index (χ2v) is 10.9. The summed E-state index contributed by atoms with van der Waals surface area (Å²) in [6.07, 6.45) is -13.1. The summed E-state index contributed by atoms with van der Waals surface area (Å²) in [6.45, 7) is 1.47. The van der Waals surface area contributed by atoms with E-state index in [0.29, 0.717) is 0 Å². The lowest BCUT2D eigenvalue weighted by Crippen LogP contribution is -2.69. The fourth-order valence-electron chi connectivity index (χ4n) is 5.59. The molecular formula is C24H48N4O12. The van der Waals surface area contributed by atoms with Gasteiger partial charge in [-0.15, -0.1) is 0 Å². The van der Waals surface area contributed by atoms with Gasteiger partial charge < -0.3 is 81.5 Å². The van der Waals surface area contributed by atoms with Crippen molar-refractivity contribution in [3.05, 3.63) is 0 Å². The fourth-order valence-corrected chi connectivity index (χ4v) is 5.59. The molecule has 0 spiro atoms. The normalized spacial score (nSPS) is 44.7. The van der Waals surface area contributed by atoms with Gasteiger partial charge in [-0.25, -0.2) is 0 Å². The van der Waals surface area contributed by atoms with Crippen LogP contribution >= 0.6 is 0 Å². The minimum Gasteiger partial charge on any atom is -0.395 e. The number of hydrogen-bond donors (Lipinski definition) is 12. The zero-order chi connectivity index (χ0) is 29.6. The van der Waals surface area contributed by atoms with E-state index in [1.54, 1.807) is 7.05 Å². The Labute approximate surface area is 233 Å². The summed E-state index contributed by atoms with van der Waals surface area (Å²) in [4.78, 5) is 0. The first-order valence-electron chi connectivity index (χ1n) is 13.8. The lowest BCUT2D eigenvalue weighted by atomic mass is 9.83. The Kier molecular flexibility index (Phi) is 13.3. The van der Waals surface area contributed by atoms with Gasteiger partial charge in [-0.3, -0.25) is 0 Å². The molecule has 1 unspecified atom stereocenters. The highest BCUT2D eigenvalue weighted by atomic mass is 16.7. The summed E-state index contributed by atoms with van der Waals surface area (Å²) >= 11 is 0. The number of aliphatic hydroxyl groups is 8. The molecule has 0 radical (unpaired) electrons. The van der Waals surface area contributed by atoms with Crippen LogP contribution in [0.1, 0.15) is 13.3 Å². The lowest BCUT2D eigenvalue weighted by molar-refractivity contribution is -0.328. The summed E-state index contributed by atoms with van der Waals surface area (Å²) < 4.78 is 23.5. The number of rotatable bonds is 13. The van der Waals surface area contributed by atoms with Gasteiger partial charge in [0.2, 0.25) is 0 Å². The summed E-state index contributed by atoms with van der Waals surface area (Å²) in [5.41, 5.74) is 6.37. The van der Waals surface area contributed by atoms with Gasteiger partial charge in [0.1, 0.15) is 48.8 Å². The Morgan fingerprint density at radius 2 is 1.57 bits per heavy atom. The third-order valence-corrected chi connectivity index (χ3v) is 7.91. The predicted molar refractivity (Wildman–Crippen MR) is 138 cm³/mol. The Morgan fingerprint density at radius 3 is 2.20 bits per heavy atom. The maximum absolute atomic E-state index is 11.5. The Balaban J connectivity index is 1.79. The molecule has 3 aliphatic rings. The fraction of sp³-hybridized carbons (Fsp3) is 1.00. The molecule has 0 aromatic carbocycles. The van der Waals surface area contributed by atoms with Crippen molar-refractivity contribution in [1.82, 2.24) is 16.0 Å². The van der Waals surface area contributed by atoms with Gasteiger partial charge >= 0.3 is 0 Å². The monoisotopic (exact) mass is 584 g/mol. The molecule has 16 nitrogen and oxygen atoms in total. The summed E-state index contributed by atoms with van der Waals surface area (Å²) in [5.74, 6) is -0.0192. The first-order chi connectivity index (χ1) is 19.1. The smallest absolute Gasteiger partial charge is 0.187 e. The van der Waals surface area contributed by atoms with Crippen LogP contribution in [0.25, 0.3) is 0 Å². The van der Waals surface area contributed by atoms with E-state index in [4.69, 9.17) is 29.8 Å².